The van der Waals surface area contributed by atoms with E-state index in [9.17, 15) is 13.2 Å². The van der Waals surface area contributed by atoms with Crippen molar-refractivity contribution in [2.75, 3.05) is 20.3 Å². The van der Waals surface area contributed by atoms with Crippen LogP contribution >= 0.6 is 0 Å². The second-order valence-corrected chi connectivity index (χ2v) is 4.53. The minimum absolute atomic E-state index is 0.00166. The van der Waals surface area contributed by atoms with Crippen LogP contribution in [-0.2, 0) is 4.74 Å². The lowest BCUT2D eigenvalue weighted by Crippen LogP contribution is -2.32. The normalized spacial score (nSPS) is 21.9. The van der Waals surface area contributed by atoms with E-state index >= 15 is 0 Å². The monoisotopic (exact) mass is 259 g/mol. The molecule has 1 saturated heterocycles. The van der Waals surface area contributed by atoms with Gasteiger partial charge in [0.05, 0.1) is 6.61 Å². The molecule has 2 rings (SSSR count). The molecular formula is C13H16F3NO. The Hall–Kier alpha value is -1.07. The number of benzene rings is 1. The van der Waals surface area contributed by atoms with Crippen molar-refractivity contribution in [3.05, 3.63) is 35.1 Å². The van der Waals surface area contributed by atoms with Gasteiger partial charge in [-0.3, -0.25) is 0 Å². The largest absolute Gasteiger partial charge is 0.381 e. The molecule has 2 nitrogen and oxygen atoms in total. The van der Waals surface area contributed by atoms with E-state index in [0.717, 1.165) is 12.8 Å². The fraction of sp³-hybridized carbons (Fsp3) is 0.538. The van der Waals surface area contributed by atoms with Gasteiger partial charge in [0.2, 0.25) is 0 Å². The van der Waals surface area contributed by atoms with Crippen LogP contribution in [0.4, 0.5) is 13.2 Å². The van der Waals surface area contributed by atoms with E-state index in [1.807, 2.05) is 0 Å². The molecule has 2 atom stereocenters. The third-order valence-electron chi connectivity index (χ3n) is 3.33. The first-order chi connectivity index (χ1) is 8.63. The average molecular weight is 259 g/mol. The lowest BCUT2D eigenvalue weighted by atomic mass is 9.88. The van der Waals surface area contributed by atoms with Crippen molar-refractivity contribution in [1.82, 2.24) is 5.32 Å². The van der Waals surface area contributed by atoms with E-state index in [-0.39, 0.29) is 11.5 Å². The highest BCUT2D eigenvalue weighted by Gasteiger charge is 2.29. The molecular weight excluding hydrogens is 243 g/mol. The molecule has 5 heteroatoms. The van der Waals surface area contributed by atoms with Gasteiger partial charge >= 0.3 is 0 Å². The maximum atomic E-state index is 13.7. The second-order valence-electron chi connectivity index (χ2n) is 4.53. The van der Waals surface area contributed by atoms with Crippen molar-refractivity contribution in [2.45, 2.75) is 18.9 Å². The Morgan fingerprint density at radius 3 is 2.44 bits per heavy atom. The van der Waals surface area contributed by atoms with E-state index < -0.39 is 23.5 Å². The van der Waals surface area contributed by atoms with Crippen molar-refractivity contribution < 1.29 is 17.9 Å². The molecule has 1 fully saturated rings. The molecule has 1 aromatic carbocycles. The topological polar surface area (TPSA) is 21.3 Å². The van der Waals surface area contributed by atoms with Crippen molar-refractivity contribution in [3.63, 3.8) is 0 Å². The van der Waals surface area contributed by atoms with Crippen molar-refractivity contribution in [2.24, 2.45) is 5.92 Å². The molecule has 0 amide bonds. The molecule has 1 aliphatic rings. The lowest BCUT2D eigenvalue weighted by Gasteiger charge is -2.30. The van der Waals surface area contributed by atoms with E-state index in [4.69, 9.17) is 4.74 Å². The third-order valence-corrected chi connectivity index (χ3v) is 3.33. The van der Waals surface area contributed by atoms with Crippen LogP contribution in [0.5, 0.6) is 0 Å². The third kappa shape index (κ3) is 2.67. The molecule has 1 aliphatic heterocycles. The van der Waals surface area contributed by atoms with Gasteiger partial charge in [0.1, 0.15) is 17.5 Å². The van der Waals surface area contributed by atoms with Gasteiger partial charge in [0.15, 0.2) is 0 Å². The Morgan fingerprint density at radius 1 is 1.28 bits per heavy atom. The highest BCUT2D eigenvalue weighted by molar-refractivity contribution is 5.25. The van der Waals surface area contributed by atoms with E-state index in [2.05, 4.69) is 5.32 Å². The zero-order valence-electron chi connectivity index (χ0n) is 10.2. The number of hydrogen-bond acceptors (Lipinski definition) is 2. The molecule has 0 radical (unpaired) electrons. The van der Waals surface area contributed by atoms with Crippen LogP contribution in [0.15, 0.2) is 12.1 Å². The number of ether oxygens (including phenoxy) is 1. The summed E-state index contributed by atoms with van der Waals surface area (Å²) in [7, 11) is 1.64. The smallest absolute Gasteiger partial charge is 0.133 e. The highest BCUT2D eigenvalue weighted by atomic mass is 19.1. The molecule has 0 spiro atoms. The van der Waals surface area contributed by atoms with Crippen LogP contribution in [0, 0.1) is 23.4 Å². The van der Waals surface area contributed by atoms with Crippen molar-refractivity contribution in [1.29, 1.82) is 0 Å². The summed E-state index contributed by atoms with van der Waals surface area (Å²) in [4.78, 5) is 0. The quantitative estimate of drug-likeness (QED) is 0.901. The number of hydrogen-bond donors (Lipinski definition) is 1. The summed E-state index contributed by atoms with van der Waals surface area (Å²) >= 11 is 0. The number of rotatable bonds is 3. The van der Waals surface area contributed by atoms with Crippen molar-refractivity contribution >= 4 is 0 Å². The molecule has 100 valence electrons. The van der Waals surface area contributed by atoms with Crippen LogP contribution < -0.4 is 5.32 Å². The molecule has 18 heavy (non-hydrogen) atoms. The number of halogens is 3. The minimum Gasteiger partial charge on any atom is -0.381 e. The first-order valence-electron chi connectivity index (χ1n) is 6.03. The minimum atomic E-state index is -0.900. The molecule has 0 aromatic heterocycles. The summed E-state index contributed by atoms with van der Waals surface area (Å²) in [6, 6.07) is 0.935. The SMILES string of the molecule is CNC(c1c(F)cc(F)cc1F)C1CCCOC1. The molecule has 0 bridgehead atoms. The van der Waals surface area contributed by atoms with E-state index in [0.29, 0.717) is 25.3 Å². The summed E-state index contributed by atoms with van der Waals surface area (Å²) in [6.45, 7) is 1.14. The maximum Gasteiger partial charge on any atom is 0.133 e. The molecule has 0 aliphatic carbocycles. The van der Waals surface area contributed by atoms with Crippen LogP contribution in [0.25, 0.3) is 0 Å². The van der Waals surface area contributed by atoms with Gasteiger partial charge in [-0.15, -0.1) is 0 Å². The van der Waals surface area contributed by atoms with Gasteiger partial charge in [-0.25, -0.2) is 13.2 Å². The molecule has 1 aromatic rings. The fourth-order valence-electron chi connectivity index (χ4n) is 2.49. The molecule has 0 saturated carbocycles. The average Bonchev–Trinajstić information content (AvgIpc) is 2.34. The summed E-state index contributed by atoms with van der Waals surface area (Å²) in [5.41, 5.74) is -0.102. The summed E-state index contributed by atoms with van der Waals surface area (Å²) in [6.07, 6.45) is 1.70. The molecule has 1 heterocycles. The molecule has 2 unspecified atom stereocenters. The van der Waals surface area contributed by atoms with Crippen LogP contribution in [0.1, 0.15) is 24.4 Å². The van der Waals surface area contributed by atoms with Gasteiger partial charge in [0, 0.05) is 36.3 Å². The van der Waals surface area contributed by atoms with Crippen molar-refractivity contribution in [3.8, 4) is 0 Å². The van der Waals surface area contributed by atoms with Gasteiger partial charge in [0.25, 0.3) is 0 Å². The first-order valence-corrected chi connectivity index (χ1v) is 6.03. The fourth-order valence-corrected chi connectivity index (χ4v) is 2.49. The van der Waals surface area contributed by atoms with Gasteiger partial charge in [-0.05, 0) is 19.9 Å². The Morgan fingerprint density at radius 2 is 1.94 bits per heavy atom. The van der Waals surface area contributed by atoms with Gasteiger partial charge in [-0.1, -0.05) is 0 Å². The standard InChI is InChI=1S/C13H16F3NO/c1-17-13(8-3-2-4-18-7-8)12-10(15)5-9(14)6-11(12)16/h5-6,8,13,17H,2-4,7H2,1H3. The number of nitrogens with one attached hydrogen (secondary N) is 1. The second kappa shape index (κ2) is 5.71. The zero-order valence-corrected chi connectivity index (χ0v) is 10.2. The van der Waals surface area contributed by atoms with Gasteiger partial charge in [-0.2, -0.15) is 0 Å². The van der Waals surface area contributed by atoms with Crippen LogP contribution in [0.3, 0.4) is 0 Å². The predicted octanol–water partition coefficient (Wildman–Crippen LogP) is 2.79. The summed E-state index contributed by atoms with van der Waals surface area (Å²) in [5.74, 6) is -2.60. The predicted molar refractivity (Wildman–Crippen MR) is 61.7 cm³/mol. The zero-order chi connectivity index (χ0) is 13.1. The van der Waals surface area contributed by atoms with E-state index in [1.165, 1.54) is 0 Å². The summed E-state index contributed by atoms with van der Waals surface area (Å²) in [5, 5.41) is 2.91. The highest BCUT2D eigenvalue weighted by Crippen LogP contribution is 2.32. The lowest BCUT2D eigenvalue weighted by molar-refractivity contribution is 0.0391. The maximum absolute atomic E-state index is 13.7. The first kappa shape index (κ1) is 13.4. The van der Waals surface area contributed by atoms with Crippen LogP contribution in [0.2, 0.25) is 0 Å². The molecule has 1 N–H and O–H groups in total. The Kier molecular flexibility index (Phi) is 4.24. The van der Waals surface area contributed by atoms with Gasteiger partial charge < -0.3 is 10.1 Å². The summed E-state index contributed by atoms with van der Waals surface area (Å²) < 4.78 is 45.7. The van der Waals surface area contributed by atoms with Crippen LogP contribution in [-0.4, -0.2) is 20.3 Å². The Labute approximate surface area is 104 Å². The Balaban J connectivity index is 2.32. The Bertz CT molecular complexity index is 396. The van der Waals surface area contributed by atoms with E-state index in [1.54, 1.807) is 7.05 Å².